The van der Waals surface area contributed by atoms with E-state index in [1.54, 1.807) is 18.2 Å². The summed E-state index contributed by atoms with van der Waals surface area (Å²) in [6.45, 7) is 5.98. The van der Waals surface area contributed by atoms with Gasteiger partial charge in [-0.1, -0.05) is 18.0 Å². The lowest BCUT2D eigenvalue weighted by molar-refractivity contribution is 0.258. The van der Waals surface area contributed by atoms with Crippen LogP contribution in [0.1, 0.15) is 63.1 Å². The van der Waals surface area contributed by atoms with Crippen LogP contribution >= 0.6 is 0 Å². The Morgan fingerprint density at radius 1 is 1.17 bits per heavy atom. The molecule has 0 amide bonds. The molecular weight excluding hydrogens is 394 g/mol. The molecule has 0 aliphatic carbocycles. The first-order valence-corrected chi connectivity index (χ1v) is 11.3. The smallest absolute Gasteiger partial charge is 0.408 e. The molecule has 8 nitrogen and oxygen atoms in total. The first kappa shape index (κ1) is 19.9. The van der Waals surface area contributed by atoms with Crippen molar-refractivity contribution >= 4 is 21.1 Å². The maximum atomic E-state index is 13.5. The van der Waals surface area contributed by atoms with Gasteiger partial charge in [0.05, 0.1) is 22.1 Å². The van der Waals surface area contributed by atoms with Crippen LogP contribution in [-0.4, -0.2) is 29.0 Å². The van der Waals surface area contributed by atoms with Gasteiger partial charge in [0.1, 0.15) is 0 Å². The lowest BCUT2D eigenvalue weighted by Gasteiger charge is -2.27. The predicted molar refractivity (Wildman–Crippen MR) is 107 cm³/mol. The summed E-state index contributed by atoms with van der Waals surface area (Å²) in [6, 6.07) is 5.93. The SMILES string of the molecule is Cc1cc([C@H]2CCCCCN2S(=O)(=O)c2ccc3c(c2)oc(=O)n3C(C)C)on1. The second-order valence-corrected chi connectivity index (χ2v) is 9.70. The van der Waals surface area contributed by atoms with E-state index >= 15 is 0 Å². The number of nitrogens with zero attached hydrogens (tertiary/aromatic N) is 3. The van der Waals surface area contributed by atoms with Crippen LogP contribution in [-0.2, 0) is 10.0 Å². The lowest BCUT2D eigenvalue weighted by Crippen LogP contribution is -2.34. The lowest BCUT2D eigenvalue weighted by atomic mass is 10.1. The molecule has 0 radical (unpaired) electrons. The fourth-order valence-electron chi connectivity index (χ4n) is 4.00. The van der Waals surface area contributed by atoms with E-state index in [0.29, 0.717) is 24.2 Å². The zero-order chi connectivity index (χ0) is 20.8. The van der Waals surface area contributed by atoms with Crippen molar-refractivity contribution in [2.45, 2.75) is 63.4 Å². The highest BCUT2D eigenvalue weighted by Crippen LogP contribution is 2.35. The predicted octanol–water partition coefficient (Wildman–Crippen LogP) is 3.78. The van der Waals surface area contributed by atoms with Gasteiger partial charge in [-0.05, 0) is 45.7 Å². The van der Waals surface area contributed by atoms with E-state index in [1.165, 1.54) is 14.9 Å². The molecule has 156 valence electrons. The Balaban J connectivity index is 1.78. The molecular formula is C20H25N3O5S. The first-order valence-electron chi connectivity index (χ1n) is 9.89. The highest BCUT2D eigenvalue weighted by Gasteiger charge is 2.36. The third-order valence-corrected chi connectivity index (χ3v) is 7.29. The second-order valence-electron chi connectivity index (χ2n) is 7.81. The molecule has 1 saturated heterocycles. The Morgan fingerprint density at radius 3 is 2.66 bits per heavy atom. The largest absolute Gasteiger partial charge is 0.420 e. The molecule has 1 atom stereocenters. The highest BCUT2D eigenvalue weighted by atomic mass is 32.2. The molecule has 0 bridgehead atoms. The molecule has 1 aliphatic rings. The normalized spacial score (nSPS) is 19.1. The van der Waals surface area contributed by atoms with Gasteiger partial charge in [0.2, 0.25) is 10.0 Å². The average Bonchev–Trinajstić information content (AvgIpc) is 3.13. The summed E-state index contributed by atoms with van der Waals surface area (Å²) in [5.41, 5.74) is 1.58. The van der Waals surface area contributed by atoms with E-state index in [9.17, 15) is 13.2 Å². The molecule has 1 aromatic carbocycles. The van der Waals surface area contributed by atoms with Gasteiger partial charge in [-0.3, -0.25) is 4.57 Å². The summed E-state index contributed by atoms with van der Waals surface area (Å²) >= 11 is 0. The van der Waals surface area contributed by atoms with Crippen molar-refractivity contribution in [1.82, 2.24) is 14.0 Å². The topological polar surface area (TPSA) is 98.6 Å². The van der Waals surface area contributed by atoms with Crippen LogP contribution in [0.4, 0.5) is 0 Å². The first-order chi connectivity index (χ1) is 13.8. The Morgan fingerprint density at radius 2 is 1.97 bits per heavy atom. The third-order valence-electron chi connectivity index (χ3n) is 5.39. The highest BCUT2D eigenvalue weighted by molar-refractivity contribution is 7.89. The third kappa shape index (κ3) is 3.53. The van der Waals surface area contributed by atoms with Gasteiger partial charge in [-0.15, -0.1) is 0 Å². The van der Waals surface area contributed by atoms with Gasteiger partial charge in [-0.2, -0.15) is 4.31 Å². The minimum Gasteiger partial charge on any atom is -0.408 e. The van der Waals surface area contributed by atoms with Crippen LogP contribution < -0.4 is 5.76 Å². The van der Waals surface area contributed by atoms with Gasteiger partial charge in [0.25, 0.3) is 0 Å². The van der Waals surface area contributed by atoms with E-state index in [0.717, 1.165) is 25.0 Å². The molecule has 0 saturated carbocycles. The Bertz CT molecular complexity index is 1190. The van der Waals surface area contributed by atoms with Crippen molar-refractivity contribution in [2.24, 2.45) is 0 Å². The van der Waals surface area contributed by atoms with Crippen LogP contribution in [0.15, 0.2) is 42.9 Å². The number of hydrogen-bond acceptors (Lipinski definition) is 6. The summed E-state index contributed by atoms with van der Waals surface area (Å²) in [7, 11) is -3.81. The molecule has 3 aromatic rings. The zero-order valence-corrected chi connectivity index (χ0v) is 17.6. The Hall–Kier alpha value is -2.39. The van der Waals surface area contributed by atoms with Crippen molar-refractivity contribution in [3.63, 3.8) is 0 Å². The van der Waals surface area contributed by atoms with Gasteiger partial charge in [0.15, 0.2) is 11.3 Å². The van der Waals surface area contributed by atoms with Crippen molar-refractivity contribution in [3.8, 4) is 0 Å². The van der Waals surface area contributed by atoms with Gasteiger partial charge < -0.3 is 8.94 Å². The van der Waals surface area contributed by atoms with Gasteiger partial charge >= 0.3 is 5.76 Å². The molecule has 1 aliphatic heterocycles. The number of aryl methyl sites for hydroxylation is 1. The zero-order valence-electron chi connectivity index (χ0n) is 16.8. The molecule has 4 rings (SSSR count). The van der Waals surface area contributed by atoms with E-state index in [-0.39, 0.29) is 16.5 Å². The number of oxazole rings is 1. The van der Waals surface area contributed by atoms with E-state index in [1.807, 2.05) is 20.8 Å². The molecule has 0 unspecified atom stereocenters. The minimum atomic E-state index is -3.81. The van der Waals surface area contributed by atoms with E-state index in [2.05, 4.69) is 5.16 Å². The number of rotatable bonds is 4. The fourth-order valence-corrected chi connectivity index (χ4v) is 5.68. The molecule has 1 fully saturated rings. The number of fused-ring (bicyclic) bond motifs is 1. The average molecular weight is 420 g/mol. The Labute approximate surface area is 169 Å². The van der Waals surface area contributed by atoms with Gasteiger partial charge in [0, 0.05) is 24.7 Å². The molecule has 2 aromatic heterocycles. The van der Waals surface area contributed by atoms with Crippen molar-refractivity contribution < 1.29 is 17.4 Å². The molecule has 3 heterocycles. The van der Waals surface area contributed by atoms with E-state index in [4.69, 9.17) is 8.94 Å². The quantitative estimate of drug-likeness (QED) is 0.638. The van der Waals surface area contributed by atoms with Crippen molar-refractivity contribution in [1.29, 1.82) is 0 Å². The maximum absolute atomic E-state index is 13.5. The van der Waals surface area contributed by atoms with Crippen LogP contribution in [0.5, 0.6) is 0 Å². The fraction of sp³-hybridized carbons (Fsp3) is 0.500. The summed E-state index contributed by atoms with van der Waals surface area (Å²) < 4.78 is 40.8. The van der Waals surface area contributed by atoms with Crippen LogP contribution in [0.3, 0.4) is 0 Å². The summed E-state index contributed by atoms with van der Waals surface area (Å²) in [6.07, 6.45) is 3.33. The minimum absolute atomic E-state index is 0.0871. The summed E-state index contributed by atoms with van der Waals surface area (Å²) in [5.74, 6) is 0.0703. The summed E-state index contributed by atoms with van der Waals surface area (Å²) in [4.78, 5) is 12.3. The standard InChI is InChI=1S/C20H25N3O5S/c1-13(2)23-17-9-8-15(12-18(17)27-20(23)24)29(25,26)22-10-6-4-5-7-16(22)19-11-14(3)21-28-19/h8-9,11-13,16H,4-7,10H2,1-3H3/t16-/m1/s1. The summed E-state index contributed by atoms with van der Waals surface area (Å²) in [5, 5.41) is 3.93. The van der Waals surface area contributed by atoms with Crippen LogP contribution in [0, 0.1) is 6.92 Å². The maximum Gasteiger partial charge on any atom is 0.420 e. The number of aromatic nitrogens is 2. The molecule has 9 heteroatoms. The number of hydrogen-bond donors (Lipinski definition) is 0. The molecule has 0 N–H and O–H groups in total. The molecule has 29 heavy (non-hydrogen) atoms. The van der Waals surface area contributed by atoms with Crippen molar-refractivity contribution in [2.75, 3.05) is 6.54 Å². The monoisotopic (exact) mass is 419 g/mol. The van der Waals surface area contributed by atoms with Crippen LogP contribution in [0.2, 0.25) is 0 Å². The van der Waals surface area contributed by atoms with Crippen molar-refractivity contribution in [3.05, 3.63) is 46.3 Å². The number of benzene rings is 1. The molecule has 0 spiro atoms. The van der Waals surface area contributed by atoms with Crippen LogP contribution in [0.25, 0.3) is 11.1 Å². The van der Waals surface area contributed by atoms with E-state index < -0.39 is 21.8 Å². The number of sulfonamides is 1. The second kappa shape index (κ2) is 7.46. The van der Waals surface area contributed by atoms with Gasteiger partial charge in [-0.25, -0.2) is 13.2 Å². The Kier molecular flexibility index (Phi) is 5.12.